The first-order chi connectivity index (χ1) is 7.83. The van der Waals surface area contributed by atoms with Crippen LogP contribution in [0.25, 0.3) is 0 Å². The molecule has 0 amide bonds. The molecule has 0 unspecified atom stereocenters. The average Bonchev–Trinajstić information content (AvgIpc) is 3.12. The summed E-state index contributed by atoms with van der Waals surface area (Å²) in [5.41, 5.74) is 0.898. The summed E-state index contributed by atoms with van der Waals surface area (Å²) in [6.45, 7) is 0. The summed E-state index contributed by atoms with van der Waals surface area (Å²) in [6.07, 6.45) is 3.57. The van der Waals surface area contributed by atoms with Gasteiger partial charge in [0.15, 0.2) is 0 Å². The summed E-state index contributed by atoms with van der Waals surface area (Å²) >= 11 is 1.46. The van der Waals surface area contributed by atoms with Crippen molar-refractivity contribution < 1.29 is 9.53 Å². The van der Waals surface area contributed by atoms with Gasteiger partial charge in [-0.25, -0.2) is 4.99 Å². The fourth-order valence-electron chi connectivity index (χ4n) is 1.45. The molecule has 1 saturated carbocycles. The predicted octanol–water partition coefficient (Wildman–Crippen LogP) is 2.27. The van der Waals surface area contributed by atoms with Crippen LogP contribution in [0.15, 0.2) is 28.1 Å². The molecule has 3 rings (SSSR count). The minimum Gasteiger partial charge on any atom is -0.426 e. The number of nitrogens with one attached hydrogen (secondary N) is 1. The molecule has 1 fully saturated rings. The van der Waals surface area contributed by atoms with Gasteiger partial charge in [0.2, 0.25) is 0 Å². The molecule has 1 aromatic rings. The van der Waals surface area contributed by atoms with Gasteiger partial charge in [-0.1, -0.05) is 0 Å². The Balaban J connectivity index is 1.80. The number of nitrogens with zero attached hydrogens (tertiary/aromatic N) is 1. The maximum Gasteiger partial charge on any atom is 0.314 e. The van der Waals surface area contributed by atoms with Crippen LogP contribution in [0.2, 0.25) is 0 Å². The zero-order chi connectivity index (χ0) is 11.0. The van der Waals surface area contributed by atoms with Crippen molar-refractivity contribution in [2.24, 2.45) is 10.9 Å². The van der Waals surface area contributed by atoms with E-state index in [1.165, 1.54) is 11.9 Å². The third kappa shape index (κ3) is 1.90. The second-order valence-electron chi connectivity index (χ2n) is 3.80. The minimum atomic E-state index is -0.114. The highest BCUT2D eigenvalue weighted by Gasteiger charge is 2.31. The molecule has 82 valence electrons. The van der Waals surface area contributed by atoms with E-state index >= 15 is 0 Å². The lowest BCUT2D eigenvalue weighted by Crippen LogP contribution is -2.10. The highest BCUT2D eigenvalue weighted by atomic mass is 32.2. The summed E-state index contributed by atoms with van der Waals surface area (Å²) in [6, 6.07) is 5.47. The van der Waals surface area contributed by atoms with Crippen molar-refractivity contribution in [2.75, 3.05) is 0 Å². The van der Waals surface area contributed by atoms with Crippen molar-refractivity contribution in [3.8, 4) is 5.75 Å². The van der Waals surface area contributed by atoms with Gasteiger partial charge in [0.05, 0.1) is 22.8 Å². The van der Waals surface area contributed by atoms with Crippen LogP contribution in [0.5, 0.6) is 5.75 Å². The van der Waals surface area contributed by atoms with E-state index in [9.17, 15) is 4.79 Å². The smallest absolute Gasteiger partial charge is 0.314 e. The summed E-state index contributed by atoms with van der Waals surface area (Å²) in [5.74, 6) is 0.610. The molecule has 0 atom stereocenters. The first kappa shape index (κ1) is 9.72. The van der Waals surface area contributed by atoms with Crippen LogP contribution in [0, 0.1) is 5.92 Å². The van der Waals surface area contributed by atoms with Gasteiger partial charge < -0.3 is 9.46 Å². The van der Waals surface area contributed by atoms with Crippen LogP contribution in [-0.2, 0) is 4.79 Å². The number of hydrogen-bond acceptors (Lipinski definition) is 5. The van der Waals surface area contributed by atoms with Crippen LogP contribution in [0.4, 0.5) is 5.69 Å². The van der Waals surface area contributed by atoms with E-state index in [-0.39, 0.29) is 11.9 Å². The second kappa shape index (κ2) is 3.83. The monoisotopic (exact) mass is 234 g/mol. The standard InChI is InChI=1S/C11H10N2O2S/c14-11(7-1-2-7)15-8-3-4-9-10(5-8)16-13-6-12-9/h3-7H,1-2H2,(H,12,13). The Morgan fingerprint density at radius 3 is 3.19 bits per heavy atom. The molecule has 1 heterocycles. The fourth-order valence-corrected chi connectivity index (χ4v) is 2.08. The van der Waals surface area contributed by atoms with E-state index < -0.39 is 0 Å². The Morgan fingerprint density at radius 1 is 1.50 bits per heavy atom. The number of carbonyl (C=O) groups is 1. The lowest BCUT2D eigenvalue weighted by molar-refractivity contribution is -0.135. The Morgan fingerprint density at radius 2 is 2.38 bits per heavy atom. The fraction of sp³-hybridized carbons (Fsp3) is 0.273. The molecule has 0 bridgehead atoms. The van der Waals surface area contributed by atoms with Gasteiger partial charge in [-0.3, -0.25) is 4.79 Å². The molecule has 2 aliphatic rings. The maximum absolute atomic E-state index is 11.5. The minimum absolute atomic E-state index is 0.114. The van der Waals surface area contributed by atoms with Crippen molar-refractivity contribution in [2.45, 2.75) is 17.7 Å². The number of fused-ring (bicyclic) bond motifs is 1. The molecule has 1 N–H and O–H groups in total. The van der Waals surface area contributed by atoms with Crippen molar-refractivity contribution >= 4 is 29.9 Å². The Hall–Kier alpha value is -1.49. The van der Waals surface area contributed by atoms with E-state index in [0.29, 0.717) is 5.75 Å². The van der Waals surface area contributed by atoms with Crippen molar-refractivity contribution in [1.82, 2.24) is 4.72 Å². The van der Waals surface area contributed by atoms with Gasteiger partial charge in [-0.05, 0) is 43.0 Å². The van der Waals surface area contributed by atoms with E-state index in [1.54, 1.807) is 12.4 Å². The summed E-state index contributed by atoms with van der Waals surface area (Å²) in [4.78, 5) is 16.6. The highest BCUT2D eigenvalue weighted by Crippen LogP contribution is 2.35. The zero-order valence-electron chi connectivity index (χ0n) is 8.47. The molecule has 1 aliphatic heterocycles. The van der Waals surface area contributed by atoms with Crippen molar-refractivity contribution in [1.29, 1.82) is 0 Å². The van der Waals surface area contributed by atoms with E-state index in [2.05, 4.69) is 9.71 Å². The molecule has 5 heteroatoms. The van der Waals surface area contributed by atoms with Gasteiger partial charge >= 0.3 is 5.97 Å². The number of benzene rings is 1. The predicted molar refractivity (Wildman–Crippen MR) is 61.9 cm³/mol. The number of carbonyl (C=O) groups excluding carboxylic acids is 1. The molecule has 16 heavy (non-hydrogen) atoms. The first-order valence-electron chi connectivity index (χ1n) is 5.13. The topological polar surface area (TPSA) is 50.7 Å². The molecule has 1 aliphatic carbocycles. The van der Waals surface area contributed by atoms with Crippen LogP contribution in [0.1, 0.15) is 12.8 Å². The lowest BCUT2D eigenvalue weighted by Gasteiger charge is -2.11. The van der Waals surface area contributed by atoms with E-state index in [0.717, 1.165) is 23.4 Å². The number of esters is 1. The third-order valence-corrected chi connectivity index (χ3v) is 3.26. The van der Waals surface area contributed by atoms with Crippen LogP contribution in [-0.4, -0.2) is 12.3 Å². The van der Waals surface area contributed by atoms with E-state index in [4.69, 9.17) is 4.74 Å². The van der Waals surface area contributed by atoms with Gasteiger partial charge in [0, 0.05) is 0 Å². The maximum atomic E-state index is 11.5. The highest BCUT2D eigenvalue weighted by molar-refractivity contribution is 7.98. The average molecular weight is 234 g/mol. The Kier molecular flexibility index (Phi) is 2.32. The molecule has 0 saturated heterocycles. The van der Waals surface area contributed by atoms with Crippen LogP contribution < -0.4 is 9.46 Å². The number of hydrogen-bond donors (Lipinski definition) is 1. The summed E-state index contributed by atoms with van der Waals surface area (Å²) in [5, 5.41) is 0. The lowest BCUT2D eigenvalue weighted by atomic mass is 10.3. The number of aliphatic imine (C=N–C) groups is 1. The number of ether oxygens (including phenoxy) is 1. The van der Waals surface area contributed by atoms with Gasteiger partial charge in [-0.15, -0.1) is 0 Å². The molecule has 4 nitrogen and oxygen atoms in total. The largest absolute Gasteiger partial charge is 0.426 e. The normalized spacial score (nSPS) is 17.5. The van der Waals surface area contributed by atoms with Gasteiger partial charge in [0.25, 0.3) is 0 Å². The zero-order valence-corrected chi connectivity index (χ0v) is 9.29. The SMILES string of the molecule is O=C(Oc1ccc2c(c1)SNC=N2)C1CC1. The van der Waals surface area contributed by atoms with E-state index in [1.807, 2.05) is 12.1 Å². The third-order valence-electron chi connectivity index (χ3n) is 2.49. The molecule has 0 spiro atoms. The molecule has 0 aromatic heterocycles. The van der Waals surface area contributed by atoms with Gasteiger partial charge in [-0.2, -0.15) is 0 Å². The number of rotatable bonds is 2. The Labute approximate surface area is 97.2 Å². The molecular formula is C11H10N2O2S. The van der Waals surface area contributed by atoms with Crippen LogP contribution in [0.3, 0.4) is 0 Å². The molecule has 1 aromatic carbocycles. The first-order valence-corrected chi connectivity index (χ1v) is 5.95. The Bertz CT molecular complexity index is 469. The summed E-state index contributed by atoms with van der Waals surface area (Å²) < 4.78 is 8.21. The summed E-state index contributed by atoms with van der Waals surface area (Å²) in [7, 11) is 0. The van der Waals surface area contributed by atoms with Crippen LogP contribution >= 0.6 is 11.9 Å². The van der Waals surface area contributed by atoms with Crippen molar-refractivity contribution in [3.63, 3.8) is 0 Å². The van der Waals surface area contributed by atoms with Gasteiger partial charge in [0.1, 0.15) is 5.75 Å². The molecule has 0 radical (unpaired) electrons. The quantitative estimate of drug-likeness (QED) is 0.484. The molecular weight excluding hydrogens is 224 g/mol. The van der Waals surface area contributed by atoms with Crippen molar-refractivity contribution in [3.05, 3.63) is 18.2 Å². The second-order valence-corrected chi connectivity index (χ2v) is 4.68.